The summed E-state index contributed by atoms with van der Waals surface area (Å²) in [5, 5.41) is 0. The van der Waals surface area contributed by atoms with Gasteiger partial charge in [0.15, 0.2) is 0 Å². The standard InChI is InChI=1S/C18H32O4/c1-15(2)13-21-18(22-14-16(3)4)12-10-8-6-7-9-11-17(19)20-5/h15-16,18H,6-9,11,13-14H2,1-5H3. The molecule has 0 aliphatic heterocycles. The molecule has 0 aromatic carbocycles. The van der Waals surface area contributed by atoms with E-state index in [0.29, 0.717) is 31.5 Å². The van der Waals surface area contributed by atoms with Crippen LogP contribution in [0.3, 0.4) is 0 Å². The highest BCUT2D eigenvalue weighted by atomic mass is 16.7. The molecule has 0 aliphatic rings. The van der Waals surface area contributed by atoms with E-state index in [4.69, 9.17) is 9.47 Å². The maximum Gasteiger partial charge on any atom is 0.305 e. The maximum atomic E-state index is 11.0. The SMILES string of the molecule is COC(=O)CCCCCC#CC(OCC(C)C)OCC(C)C. The van der Waals surface area contributed by atoms with Crippen molar-refractivity contribution in [3.8, 4) is 11.8 Å². The normalized spacial score (nSPS) is 10.9. The Kier molecular flexibility index (Phi) is 13.0. The second-order valence-electron chi connectivity index (χ2n) is 6.24. The minimum absolute atomic E-state index is 0.143. The second-order valence-corrected chi connectivity index (χ2v) is 6.24. The van der Waals surface area contributed by atoms with Crippen LogP contribution in [0.25, 0.3) is 0 Å². The summed E-state index contributed by atoms with van der Waals surface area (Å²) in [4.78, 5) is 11.0. The Hall–Kier alpha value is -1.05. The van der Waals surface area contributed by atoms with Gasteiger partial charge in [0, 0.05) is 12.8 Å². The van der Waals surface area contributed by atoms with Crippen molar-refractivity contribution in [1.82, 2.24) is 0 Å². The second kappa shape index (κ2) is 13.6. The molecule has 0 aromatic rings. The van der Waals surface area contributed by atoms with Crippen LogP contribution in [-0.2, 0) is 19.0 Å². The van der Waals surface area contributed by atoms with Crippen LogP contribution in [0, 0.1) is 23.7 Å². The fraction of sp³-hybridized carbons (Fsp3) is 0.833. The van der Waals surface area contributed by atoms with E-state index in [9.17, 15) is 4.79 Å². The molecule has 0 amide bonds. The summed E-state index contributed by atoms with van der Waals surface area (Å²) < 4.78 is 15.9. The summed E-state index contributed by atoms with van der Waals surface area (Å²) in [6.45, 7) is 9.72. The van der Waals surface area contributed by atoms with Crippen LogP contribution in [0.2, 0.25) is 0 Å². The number of methoxy groups -OCH3 is 1. The molecule has 0 fully saturated rings. The highest BCUT2D eigenvalue weighted by Crippen LogP contribution is 2.05. The Morgan fingerprint density at radius 3 is 2.05 bits per heavy atom. The smallest absolute Gasteiger partial charge is 0.305 e. The Morgan fingerprint density at radius 1 is 0.955 bits per heavy atom. The third kappa shape index (κ3) is 13.9. The van der Waals surface area contributed by atoms with Crippen molar-refractivity contribution in [2.24, 2.45) is 11.8 Å². The summed E-state index contributed by atoms with van der Waals surface area (Å²) in [5.41, 5.74) is 0. The van der Waals surface area contributed by atoms with Crippen LogP contribution < -0.4 is 0 Å². The summed E-state index contributed by atoms with van der Waals surface area (Å²) >= 11 is 0. The lowest BCUT2D eigenvalue weighted by molar-refractivity contribution is -0.140. The zero-order chi connectivity index (χ0) is 16.8. The Labute approximate surface area is 135 Å². The van der Waals surface area contributed by atoms with Crippen molar-refractivity contribution in [2.45, 2.75) is 66.1 Å². The van der Waals surface area contributed by atoms with E-state index in [0.717, 1.165) is 25.7 Å². The monoisotopic (exact) mass is 312 g/mol. The molecule has 4 heteroatoms. The van der Waals surface area contributed by atoms with Crippen LogP contribution in [-0.4, -0.2) is 32.6 Å². The zero-order valence-electron chi connectivity index (χ0n) is 14.8. The van der Waals surface area contributed by atoms with Gasteiger partial charge >= 0.3 is 5.97 Å². The first-order chi connectivity index (χ1) is 10.5. The fourth-order valence-corrected chi connectivity index (χ4v) is 1.61. The third-order valence-electron chi connectivity index (χ3n) is 2.79. The van der Waals surface area contributed by atoms with Gasteiger partial charge in [-0.1, -0.05) is 40.0 Å². The van der Waals surface area contributed by atoms with E-state index in [1.54, 1.807) is 0 Å². The van der Waals surface area contributed by atoms with Gasteiger partial charge in [0.05, 0.1) is 20.3 Å². The first-order valence-electron chi connectivity index (χ1n) is 8.24. The van der Waals surface area contributed by atoms with Gasteiger partial charge in [0.1, 0.15) is 0 Å². The molecule has 0 saturated heterocycles. The highest BCUT2D eigenvalue weighted by Gasteiger charge is 2.08. The van der Waals surface area contributed by atoms with Crippen LogP contribution >= 0.6 is 0 Å². The van der Waals surface area contributed by atoms with Crippen LogP contribution in [0.4, 0.5) is 0 Å². The van der Waals surface area contributed by atoms with E-state index < -0.39 is 6.29 Å². The molecule has 0 radical (unpaired) electrons. The molecule has 0 spiro atoms. The topological polar surface area (TPSA) is 44.8 Å². The number of unbranched alkanes of at least 4 members (excludes halogenated alkanes) is 3. The van der Waals surface area contributed by atoms with Crippen molar-refractivity contribution in [2.75, 3.05) is 20.3 Å². The number of hydrogen-bond acceptors (Lipinski definition) is 4. The molecule has 0 unspecified atom stereocenters. The molecule has 0 saturated carbocycles. The van der Waals surface area contributed by atoms with Gasteiger partial charge < -0.3 is 14.2 Å². The Morgan fingerprint density at radius 2 is 1.55 bits per heavy atom. The molecule has 0 bridgehead atoms. The zero-order valence-corrected chi connectivity index (χ0v) is 14.8. The lowest BCUT2D eigenvalue weighted by Crippen LogP contribution is -2.20. The minimum Gasteiger partial charge on any atom is -0.469 e. The molecule has 22 heavy (non-hydrogen) atoms. The number of hydrogen-bond donors (Lipinski definition) is 0. The molecular formula is C18H32O4. The molecule has 0 rings (SSSR count). The van der Waals surface area contributed by atoms with Crippen molar-refractivity contribution >= 4 is 5.97 Å². The predicted molar refractivity (Wildman–Crippen MR) is 88.2 cm³/mol. The van der Waals surface area contributed by atoms with Crippen LogP contribution in [0.15, 0.2) is 0 Å². The van der Waals surface area contributed by atoms with Crippen LogP contribution in [0.1, 0.15) is 59.8 Å². The molecule has 0 N–H and O–H groups in total. The van der Waals surface area contributed by atoms with Crippen molar-refractivity contribution in [3.63, 3.8) is 0 Å². The number of ether oxygens (including phenoxy) is 3. The molecule has 0 heterocycles. The fourth-order valence-electron chi connectivity index (χ4n) is 1.61. The summed E-state index contributed by atoms with van der Waals surface area (Å²) in [7, 11) is 1.42. The molecule has 128 valence electrons. The van der Waals surface area contributed by atoms with Crippen molar-refractivity contribution < 1.29 is 19.0 Å². The van der Waals surface area contributed by atoms with E-state index in [-0.39, 0.29) is 5.97 Å². The average molecular weight is 312 g/mol. The lowest BCUT2D eigenvalue weighted by atomic mass is 10.1. The Balaban J connectivity index is 3.95. The first-order valence-corrected chi connectivity index (χ1v) is 8.24. The largest absolute Gasteiger partial charge is 0.469 e. The third-order valence-corrected chi connectivity index (χ3v) is 2.79. The molecular weight excluding hydrogens is 280 g/mol. The highest BCUT2D eigenvalue weighted by molar-refractivity contribution is 5.68. The van der Waals surface area contributed by atoms with Gasteiger partial charge in [-0.05, 0) is 30.6 Å². The first kappa shape index (κ1) is 20.9. The number of esters is 1. The average Bonchev–Trinajstić information content (AvgIpc) is 2.47. The number of carbonyl (C=O) groups is 1. The van der Waals surface area contributed by atoms with Crippen molar-refractivity contribution in [1.29, 1.82) is 0 Å². The minimum atomic E-state index is -0.431. The molecule has 0 aromatic heterocycles. The van der Waals surface area contributed by atoms with E-state index in [2.05, 4.69) is 44.3 Å². The summed E-state index contributed by atoms with van der Waals surface area (Å²) in [5.74, 6) is 6.96. The van der Waals surface area contributed by atoms with Gasteiger partial charge in [0.25, 0.3) is 0 Å². The lowest BCUT2D eigenvalue weighted by Gasteiger charge is -2.16. The van der Waals surface area contributed by atoms with Gasteiger partial charge in [0.2, 0.25) is 6.29 Å². The van der Waals surface area contributed by atoms with E-state index in [1.165, 1.54) is 7.11 Å². The van der Waals surface area contributed by atoms with Crippen LogP contribution in [0.5, 0.6) is 0 Å². The van der Waals surface area contributed by atoms with Crippen molar-refractivity contribution in [3.05, 3.63) is 0 Å². The molecule has 4 nitrogen and oxygen atoms in total. The van der Waals surface area contributed by atoms with E-state index in [1.807, 2.05) is 0 Å². The maximum absolute atomic E-state index is 11.0. The number of rotatable bonds is 11. The van der Waals surface area contributed by atoms with Gasteiger partial charge in [-0.2, -0.15) is 0 Å². The summed E-state index contributed by atoms with van der Waals surface area (Å²) in [6, 6.07) is 0. The summed E-state index contributed by atoms with van der Waals surface area (Å²) in [6.07, 6.45) is 3.67. The quantitative estimate of drug-likeness (QED) is 0.252. The van der Waals surface area contributed by atoms with Gasteiger partial charge in [-0.15, -0.1) is 0 Å². The van der Waals surface area contributed by atoms with E-state index >= 15 is 0 Å². The van der Waals surface area contributed by atoms with Gasteiger partial charge in [-0.25, -0.2) is 0 Å². The molecule has 0 aliphatic carbocycles. The Bertz CT molecular complexity index is 327. The number of carbonyl (C=O) groups excluding carboxylic acids is 1. The molecule has 0 atom stereocenters. The predicted octanol–water partition coefficient (Wildman–Crippen LogP) is 3.78. The van der Waals surface area contributed by atoms with Gasteiger partial charge in [-0.3, -0.25) is 4.79 Å².